The van der Waals surface area contributed by atoms with Gasteiger partial charge in [0, 0.05) is 56.6 Å². The van der Waals surface area contributed by atoms with Gasteiger partial charge in [0.15, 0.2) is 0 Å². The molecule has 2 aromatic carbocycles. The zero-order valence-electron chi connectivity index (χ0n) is 16.4. The van der Waals surface area contributed by atoms with Gasteiger partial charge in [-0.2, -0.15) is 13.2 Å². The van der Waals surface area contributed by atoms with Crippen LogP contribution in [0.5, 0.6) is 0 Å². The van der Waals surface area contributed by atoms with E-state index in [4.69, 9.17) is 5.11 Å². The maximum absolute atomic E-state index is 13.4. The molecule has 0 bridgehead atoms. The van der Waals surface area contributed by atoms with Crippen molar-refractivity contribution >= 4 is 16.6 Å². The van der Waals surface area contributed by atoms with Gasteiger partial charge in [-0.25, -0.2) is 4.39 Å². The van der Waals surface area contributed by atoms with Gasteiger partial charge in [0.25, 0.3) is 0 Å². The van der Waals surface area contributed by atoms with Gasteiger partial charge >= 0.3 is 6.18 Å². The lowest BCUT2D eigenvalue weighted by molar-refractivity contribution is -0.137. The van der Waals surface area contributed by atoms with Gasteiger partial charge in [0.05, 0.1) is 16.8 Å². The number of rotatable bonds is 5. The number of aliphatic hydroxyl groups excluding tert-OH is 1. The molecule has 1 aromatic heterocycles. The molecule has 0 radical (unpaired) electrons. The van der Waals surface area contributed by atoms with E-state index in [1.165, 1.54) is 24.3 Å². The number of alkyl halides is 3. The van der Waals surface area contributed by atoms with Crippen molar-refractivity contribution in [1.29, 1.82) is 0 Å². The van der Waals surface area contributed by atoms with Crippen LogP contribution in [-0.2, 0) is 6.18 Å². The molecule has 2 heterocycles. The standard InChI is InChI=1S/C22H23F4N3O/c23-17-3-5-18(6-4-17)29-15-21(28-11-9-27(10-12-28)8-1-13-30)19-14-16(22(24,25)26)2-7-20(19)29/h2-7,14-15,30H,1,8-13H2. The average molecular weight is 421 g/mol. The lowest BCUT2D eigenvalue weighted by atomic mass is 10.1. The number of benzene rings is 2. The number of halogens is 4. The van der Waals surface area contributed by atoms with Crippen LogP contribution in [-0.4, -0.2) is 53.9 Å². The van der Waals surface area contributed by atoms with E-state index in [2.05, 4.69) is 9.80 Å². The fourth-order valence-electron chi connectivity index (χ4n) is 3.96. The number of aromatic nitrogens is 1. The molecule has 1 saturated heterocycles. The van der Waals surface area contributed by atoms with Crippen LogP contribution < -0.4 is 4.90 Å². The van der Waals surface area contributed by atoms with E-state index < -0.39 is 11.7 Å². The SMILES string of the molecule is OCCCN1CCN(c2cn(-c3ccc(F)cc3)c3ccc(C(F)(F)F)cc23)CC1. The van der Waals surface area contributed by atoms with E-state index in [9.17, 15) is 17.6 Å². The van der Waals surface area contributed by atoms with E-state index in [0.29, 0.717) is 36.1 Å². The highest BCUT2D eigenvalue weighted by atomic mass is 19.4. The van der Waals surface area contributed by atoms with Crippen molar-refractivity contribution in [2.24, 2.45) is 0 Å². The molecular formula is C22H23F4N3O. The Morgan fingerprint density at radius 2 is 1.63 bits per heavy atom. The van der Waals surface area contributed by atoms with E-state index in [1.807, 2.05) is 10.8 Å². The molecule has 1 aliphatic heterocycles. The summed E-state index contributed by atoms with van der Waals surface area (Å²) in [5, 5.41) is 9.54. The van der Waals surface area contributed by atoms with Gasteiger partial charge in [-0.05, 0) is 48.9 Å². The zero-order chi connectivity index (χ0) is 21.3. The van der Waals surface area contributed by atoms with Gasteiger partial charge in [0.2, 0.25) is 0 Å². The topological polar surface area (TPSA) is 31.6 Å². The van der Waals surface area contributed by atoms with E-state index in [0.717, 1.165) is 31.4 Å². The summed E-state index contributed by atoms with van der Waals surface area (Å²) in [5.74, 6) is -0.367. The first-order valence-electron chi connectivity index (χ1n) is 9.93. The molecular weight excluding hydrogens is 398 g/mol. The van der Waals surface area contributed by atoms with E-state index >= 15 is 0 Å². The molecule has 4 rings (SSSR count). The Bertz CT molecular complexity index is 1010. The summed E-state index contributed by atoms with van der Waals surface area (Å²) in [6.45, 7) is 3.88. The first-order valence-corrected chi connectivity index (χ1v) is 9.93. The first kappa shape index (κ1) is 20.7. The summed E-state index contributed by atoms with van der Waals surface area (Å²) in [5.41, 5.74) is 1.39. The second-order valence-corrected chi connectivity index (χ2v) is 7.50. The lowest BCUT2D eigenvalue weighted by Crippen LogP contribution is -2.46. The van der Waals surface area contributed by atoms with Crippen molar-refractivity contribution in [3.63, 3.8) is 0 Å². The summed E-state index contributed by atoms with van der Waals surface area (Å²) < 4.78 is 55.2. The van der Waals surface area contributed by atoms with Gasteiger partial charge in [0.1, 0.15) is 5.82 Å². The van der Waals surface area contributed by atoms with Crippen LogP contribution in [0, 0.1) is 5.82 Å². The first-order chi connectivity index (χ1) is 14.4. The molecule has 3 aromatic rings. The number of nitrogens with zero attached hydrogens (tertiary/aromatic N) is 3. The van der Waals surface area contributed by atoms with Crippen LogP contribution in [0.3, 0.4) is 0 Å². The number of fused-ring (bicyclic) bond motifs is 1. The summed E-state index contributed by atoms with van der Waals surface area (Å²) in [6, 6.07) is 9.66. The highest BCUT2D eigenvalue weighted by molar-refractivity contribution is 5.95. The minimum absolute atomic E-state index is 0.144. The molecule has 30 heavy (non-hydrogen) atoms. The number of hydrogen-bond acceptors (Lipinski definition) is 3. The van der Waals surface area contributed by atoms with Crippen LogP contribution in [0.4, 0.5) is 23.2 Å². The Balaban J connectivity index is 1.73. The minimum Gasteiger partial charge on any atom is -0.396 e. The second-order valence-electron chi connectivity index (χ2n) is 7.50. The summed E-state index contributed by atoms with van der Waals surface area (Å²) in [4.78, 5) is 4.34. The van der Waals surface area contributed by atoms with Crippen molar-refractivity contribution in [3.05, 3.63) is 60.0 Å². The normalized spacial score (nSPS) is 15.8. The van der Waals surface area contributed by atoms with Crippen molar-refractivity contribution < 1.29 is 22.7 Å². The Morgan fingerprint density at radius 3 is 2.27 bits per heavy atom. The average Bonchev–Trinajstić information content (AvgIpc) is 3.11. The maximum Gasteiger partial charge on any atom is 0.416 e. The quantitative estimate of drug-likeness (QED) is 0.624. The number of piperazine rings is 1. The molecule has 4 nitrogen and oxygen atoms in total. The monoisotopic (exact) mass is 421 g/mol. The summed E-state index contributed by atoms with van der Waals surface area (Å²) >= 11 is 0. The predicted molar refractivity (Wildman–Crippen MR) is 109 cm³/mol. The van der Waals surface area contributed by atoms with Crippen LogP contribution in [0.25, 0.3) is 16.6 Å². The van der Waals surface area contributed by atoms with Crippen LogP contribution in [0.1, 0.15) is 12.0 Å². The van der Waals surface area contributed by atoms with Gasteiger partial charge in [-0.1, -0.05) is 0 Å². The molecule has 0 aliphatic carbocycles. The predicted octanol–water partition coefficient (Wildman–Crippen LogP) is 4.29. The molecule has 1 N–H and O–H groups in total. The third-order valence-corrected chi connectivity index (χ3v) is 5.56. The molecule has 1 fully saturated rings. The maximum atomic E-state index is 13.4. The Kier molecular flexibility index (Phi) is 5.71. The number of aliphatic hydroxyl groups is 1. The molecule has 0 amide bonds. The molecule has 8 heteroatoms. The summed E-state index contributed by atoms with van der Waals surface area (Å²) in [6.07, 6.45) is -1.88. The molecule has 0 unspecified atom stereocenters. The summed E-state index contributed by atoms with van der Waals surface area (Å²) in [7, 11) is 0. The van der Waals surface area contributed by atoms with Crippen LogP contribution in [0.2, 0.25) is 0 Å². The second kappa shape index (κ2) is 8.28. The van der Waals surface area contributed by atoms with Crippen molar-refractivity contribution in [2.75, 3.05) is 44.2 Å². The highest BCUT2D eigenvalue weighted by Crippen LogP contribution is 2.37. The van der Waals surface area contributed by atoms with Gasteiger partial charge < -0.3 is 14.6 Å². The van der Waals surface area contributed by atoms with Crippen molar-refractivity contribution in [3.8, 4) is 5.69 Å². The van der Waals surface area contributed by atoms with E-state index in [1.54, 1.807) is 12.1 Å². The van der Waals surface area contributed by atoms with Crippen molar-refractivity contribution in [1.82, 2.24) is 9.47 Å². The Hall–Kier alpha value is -2.58. The largest absolute Gasteiger partial charge is 0.416 e. The highest BCUT2D eigenvalue weighted by Gasteiger charge is 2.31. The third kappa shape index (κ3) is 4.15. The number of hydrogen-bond donors (Lipinski definition) is 1. The zero-order valence-corrected chi connectivity index (χ0v) is 16.4. The third-order valence-electron chi connectivity index (χ3n) is 5.56. The molecule has 160 valence electrons. The minimum atomic E-state index is -4.42. The van der Waals surface area contributed by atoms with Crippen LogP contribution >= 0.6 is 0 Å². The smallest absolute Gasteiger partial charge is 0.396 e. The molecule has 0 atom stereocenters. The van der Waals surface area contributed by atoms with Crippen molar-refractivity contribution in [2.45, 2.75) is 12.6 Å². The molecule has 0 spiro atoms. The van der Waals surface area contributed by atoms with Gasteiger partial charge in [-0.15, -0.1) is 0 Å². The fraction of sp³-hybridized carbons (Fsp3) is 0.364. The molecule has 0 saturated carbocycles. The lowest BCUT2D eigenvalue weighted by Gasteiger charge is -2.35. The Labute approximate surface area is 171 Å². The van der Waals surface area contributed by atoms with E-state index in [-0.39, 0.29) is 12.4 Å². The van der Waals surface area contributed by atoms with Crippen LogP contribution in [0.15, 0.2) is 48.7 Å². The molecule has 1 aliphatic rings. The Morgan fingerprint density at radius 1 is 0.933 bits per heavy atom. The van der Waals surface area contributed by atoms with Gasteiger partial charge in [-0.3, -0.25) is 4.90 Å². The fourth-order valence-corrected chi connectivity index (χ4v) is 3.96. The number of anilines is 1.